The van der Waals surface area contributed by atoms with Gasteiger partial charge in [0.05, 0.1) is 24.3 Å². The van der Waals surface area contributed by atoms with Gasteiger partial charge in [-0.2, -0.15) is 0 Å². The van der Waals surface area contributed by atoms with Crippen LogP contribution in [0.5, 0.6) is 0 Å². The van der Waals surface area contributed by atoms with E-state index in [1.807, 2.05) is 38.1 Å². The van der Waals surface area contributed by atoms with Crippen molar-refractivity contribution >= 4 is 11.6 Å². The Morgan fingerprint density at radius 1 is 1.39 bits per heavy atom. The summed E-state index contributed by atoms with van der Waals surface area (Å²) in [5, 5.41) is 13.1. The standard InChI is InChI=1S/C14H20N2O2/c1-3-14(18)9-16(10-14)13(17)11-7-5-6-8-12(11)15-4-2/h5-8,15,18H,3-4,9-10H2,1-2H3. The predicted octanol–water partition coefficient (Wildman–Crippen LogP) is 1.72. The highest BCUT2D eigenvalue weighted by Gasteiger charge is 2.42. The van der Waals surface area contributed by atoms with Crippen LogP contribution in [0.2, 0.25) is 0 Å². The molecule has 0 bridgehead atoms. The molecule has 0 aromatic heterocycles. The number of nitrogens with one attached hydrogen (secondary N) is 1. The van der Waals surface area contributed by atoms with Gasteiger partial charge in [0.1, 0.15) is 0 Å². The van der Waals surface area contributed by atoms with Gasteiger partial charge in [-0.25, -0.2) is 0 Å². The number of para-hydroxylation sites is 1. The molecule has 0 saturated carbocycles. The maximum Gasteiger partial charge on any atom is 0.256 e. The Labute approximate surface area is 108 Å². The van der Waals surface area contributed by atoms with Gasteiger partial charge >= 0.3 is 0 Å². The van der Waals surface area contributed by atoms with Crippen LogP contribution in [0.25, 0.3) is 0 Å². The number of hydrogen-bond acceptors (Lipinski definition) is 3. The number of rotatable bonds is 4. The molecule has 98 valence electrons. The number of nitrogens with zero attached hydrogens (tertiary/aromatic N) is 1. The highest BCUT2D eigenvalue weighted by Crippen LogP contribution is 2.27. The molecule has 4 nitrogen and oxygen atoms in total. The number of anilines is 1. The summed E-state index contributed by atoms with van der Waals surface area (Å²) >= 11 is 0. The summed E-state index contributed by atoms with van der Waals surface area (Å²) in [7, 11) is 0. The lowest BCUT2D eigenvalue weighted by Gasteiger charge is -2.46. The zero-order valence-corrected chi connectivity index (χ0v) is 10.9. The van der Waals surface area contributed by atoms with Gasteiger partial charge in [-0.05, 0) is 25.5 Å². The van der Waals surface area contributed by atoms with Crippen molar-refractivity contribution in [2.24, 2.45) is 0 Å². The number of amides is 1. The van der Waals surface area contributed by atoms with Crippen molar-refractivity contribution in [2.75, 3.05) is 25.0 Å². The lowest BCUT2D eigenvalue weighted by molar-refractivity contribution is -0.0826. The minimum absolute atomic E-state index is 0.00956. The van der Waals surface area contributed by atoms with Crippen LogP contribution in [0.15, 0.2) is 24.3 Å². The van der Waals surface area contributed by atoms with Crippen LogP contribution < -0.4 is 5.32 Å². The van der Waals surface area contributed by atoms with Crippen LogP contribution in [0.4, 0.5) is 5.69 Å². The van der Waals surface area contributed by atoms with Gasteiger partial charge in [0.15, 0.2) is 0 Å². The van der Waals surface area contributed by atoms with Gasteiger partial charge in [-0.15, -0.1) is 0 Å². The van der Waals surface area contributed by atoms with Gasteiger partial charge in [-0.1, -0.05) is 19.1 Å². The normalized spacial score (nSPS) is 17.2. The molecule has 1 aromatic rings. The fourth-order valence-corrected chi connectivity index (χ4v) is 2.22. The van der Waals surface area contributed by atoms with Crippen LogP contribution in [0.3, 0.4) is 0 Å². The van der Waals surface area contributed by atoms with Gasteiger partial charge in [0.2, 0.25) is 0 Å². The van der Waals surface area contributed by atoms with Crippen molar-refractivity contribution in [3.05, 3.63) is 29.8 Å². The molecule has 2 N–H and O–H groups in total. The van der Waals surface area contributed by atoms with E-state index in [9.17, 15) is 9.90 Å². The molecule has 1 fully saturated rings. The maximum absolute atomic E-state index is 12.3. The first kappa shape index (κ1) is 12.9. The first-order valence-corrected chi connectivity index (χ1v) is 6.44. The van der Waals surface area contributed by atoms with E-state index in [-0.39, 0.29) is 5.91 Å². The predicted molar refractivity (Wildman–Crippen MR) is 71.8 cm³/mol. The monoisotopic (exact) mass is 248 g/mol. The largest absolute Gasteiger partial charge is 0.386 e. The van der Waals surface area contributed by atoms with E-state index in [4.69, 9.17) is 0 Å². The highest BCUT2D eigenvalue weighted by molar-refractivity contribution is 6.00. The number of benzene rings is 1. The van der Waals surface area contributed by atoms with Gasteiger partial charge in [-0.3, -0.25) is 4.79 Å². The molecule has 0 atom stereocenters. The van der Waals surface area contributed by atoms with Gasteiger partial charge in [0, 0.05) is 12.2 Å². The SMILES string of the molecule is CCNc1ccccc1C(=O)N1CC(O)(CC)C1. The molecule has 0 unspecified atom stereocenters. The molecule has 1 saturated heterocycles. The number of carbonyl (C=O) groups excluding carboxylic acids is 1. The second-order valence-electron chi connectivity index (χ2n) is 4.82. The summed E-state index contributed by atoms with van der Waals surface area (Å²) in [5.41, 5.74) is 0.859. The molecule has 18 heavy (non-hydrogen) atoms. The molecule has 1 aliphatic rings. The molecule has 1 amide bonds. The molecule has 2 rings (SSSR count). The molecular weight excluding hydrogens is 228 g/mol. The molecule has 1 heterocycles. The van der Waals surface area contributed by atoms with Gasteiger partial charge < -0.3 is 15.3 Å². The van der Waals surface area contributed by atoms with Crippen LogP contribution in [-0.2, 0) is 0 Å². The van der Waals surface area contributed by atoms with Crippen LogP contribution in [0, 0.1) is 0 Å². The van der Waals surface area contributed by atoms with E-state index < -0.39 is 5.60 Å². The number of aliphatic hydroxyl groups is 1. The second-order valence-corrected chi connectivity index (χ2v) is 4.82. The van der Waals surface area contributed by atoms with Crippen molar-refractivity contribution in [1.82, 2.24) is 4.90 Å². The second kappa shape index (κ2) is 4.98. The Kier molecular flexibility index (Phi) is 3.57. The number of β-amino-alcohol motifs (C(OH)–C–C–N with tert-alkyl or cyclic N) is 1. The summed E-state index contributed by atoms with van der Waals surface area (Å²) in [6.07, 6.45) is 0.686. The molecule has 0 aliphatic carbocycles. The zero-order valence-electron chi connectivity index (χ0n) is 10.9. The van der Waals surface area contributed by atoms with Crippen molar-refractivity contribution in [3.8, 4) is 0 Å². The van der Waals surface area contributed by atoms with E-state index >= 15 is 0 Å². The third kappa shape index (κ3) is 2.34. The maximum atomic E-state index is 12.3. The average molecular weight is 248 g/mol. The molecule has 0 radical (unpaired) electrons. The summed E-state index contributed by atoms with van der Waals surface area (Å²) in [5.74, 6) is -0.00956. The van der Waals surface area contributed by atoms with E-state index in [2.05, 4.69) is 5.32 Å². The van der Waals surface area contributed by atoms with E-state index in [0.29, 0.717) is 25.1 Å². The fourth-order valence-electron chi connectivity index (χ4n) is 2.22. The minimum atomic E-state index is -0.678. The smallest absolute Gasteiger partial charge is 0.256 e. The van der Waals surface area contributed by atoms with E-state index in [0.717, 1.165) is 12.2 Å². The summed E-state index contributed by atoms with van der Waals surface area (Å²) in [6.45, 7) is 5.59. The fraction of sp³-hybridized carbons (Fsp3) is 0.500. The van der Waals surface area contributed by atoms with Crippen molar-refractivity contribution in [2.45, 2.75) is 25.9 Å². The highest BCUT2D eigenvalue weighted by atomic mass is 16.3. The Bertz CT molecular complexity index is 439. The average Bonchev–Trinajstić information content (AvgIpc) is 2.35. The topological polar surface area (TPSA) is 52.6 Å². The van der Waals surface area contributed by atoms with Crippen LogP contribution in [-0.4, -0.2) is 41.1 Å². The lowest BCUT2D eigenvalue weighted by Crippen LogP contribution is -2.63. The molecule has 4 heteroatoms. The third-order valence-electron chi connectivity index (χ3n) is 3.44. The van der Waals surface area contributed by atoms with Crippen molar-refractivity contribution in [3.63, 3.8) is 0 Å². The number of hydrogen-bond donors (Lipinski definition) is 2. The van der Waals surface area contributed by atoms with Crippen molar-refractivity contribution in [1.29, 1.82) is 0 Å². The molecular formula is C14H20N2O2. The quantitative estimate of drug-likeness (QED) is 0.853. The Morgan fingerprint density at radius 2 is 2.06 bits per heavy atom. The first-order valence-electron chi connectivity index (χ1n) is 6.44. The van der Waals surface area contributed by atoms with Crippen LogP contribution in [0.1, 0.15) is 30.6 Å². The Hall–Kier alpha value is -1.55. The van der Waals surface area contributed by atoms with Gasteiger partial charge in [0.25, 0.3) is 5.91 Å². The van der Waals surface area contributed by atoms with Crippen LogP contribution >= 0.6 is 0 Å². The first-order chi connectivity index (χ1) is 8.59. The minimum Gasteiger partial charge on any atom is -0.386 e. The summed E-state index contributed by atoms with van der Waals surface area (Å²) < 4.78 is 0. The number of likely N-dealkylation sites (tertiary alicyclic amines) is 1. The van der Waals surface area contributed by atoms with E-state index in [1.54, 1.807) is 4.90 Å². The van der Waals surface area contributed by atoms with E-state index in [1.165, 1.54) is 0 Å². The molecule has 1 aliphatic heterocycles. The van der Waals surface area contributed by atoms with Crippen molar-refractivity contribution < 1.29 is 9.90 Å². The Balaban J connectivity index is 2.11. The molecule has 1 aromatic carbocycles. The number of carbonyl (C=O) groups is 1. The summed E-state index contributed by atoms with van der Waals surface area (Å²) in [4.78, 5) is 14.0. The zero-order chi connectivity index (χ0) is 13.2. The third-order valence-corrected chi connectivity index (χ3v) is 3.44. The summed E-state index contributed by atoms with van der Waals surface area (Å²) in [6, 6.07) is 7.50. The lowest BCUT2D eigenvalue weighted by atomic mass is 9.90. The Morgan fingerprint density at radius 3 is 2.67 bits per heavy atom. The molecule has 0 spiro atoms.